The van der Waals surface area contributed by atoms with E-state index in [9.17, 15) is 19.6 Å². The molecule has 0 aromatic rings. The fourth-order valence-electron chi connectivity index (χ4n) is 10.2. The third kappa shape index (κ3) is 2.99. The zero-order chi connectivity index (χ0) is 27.4. The van der Waals surface area contributed by atoms with E-state index >= 15 is 0 Å². The zero-order valence-corrected chi connectivity index (χ0v) is 23.9. The Morgan fingerprint density at radius 2 is 1.65 bits per heavy atom. The average Bonchev–Trinajstić information content (AvgIpc) is 2.82. The number of ether oxygens (including phenoxy) is 1. The first-order valence-electron chi connectivity index (χ1n) is 14.0. The quantitative estimate of drug-likeness (QED) is 0.394. The number of methoxy groups -OCH3 is 1. The molecule has 5 rings (SSSR count). The van der Waals surface area contributed by atoms with Gasteiger partial charge in [-0.25, -0.2) is 0 Å². The average molecular weight is 506 g/mol. The largest absolute Gasteiger partial charge is 0.469 e. The molecule has 0 amide bonds. The summed E-state index contributed by atoms with van der Waals surface area (Å²) in [6.07, 6.45) is 10.3. The molecule has 5 nitrogen and oxygen atoms in total. The van der Waals surface area contributed by atoms with Crippen LogP contribution in [0.15, 0.2) is 23.8 Å². The van der Waals surface area contributed by atoms with Crippen LogP contribution in [0, 0.1) is 67.5 Å². The van der Waals surface area contributed by atoms with Crippen LogP contribution in [-0.4, -0.2) is 24.6 Å². The number of allylic oxidation sites excluding steroid dienone is 4. The SMILES string of the molecule is COC(=O)[C@]12CCC(C)(C)C(C#N)[C@H]1[C@H]1C(=O)C=C3[C@@]4(C)C=CC(=O)C(C)(C)[C@@H]4CC[C@@]3(C)[C@]1(C)CC2. The van der Waals surface area contributed by atoms with E-state index in [0.29, 0.717) is 12.8 Å². The van der Waals surface area contributed by atoms with Crippen LogP contribution < -0.4 is 0 Å². The predicted molar refractivity (Wildman–Crippen MR) is 141 cm³/mol. The van der Waals surface area contributed by atoms with Crippen molar-refractivity contribution in [3.63, 3.8) is 0 Å². The molecule has 1 unspecified atom stereocenters. The van der Waals surface area contributed by atoms with Crippen molar-refractivity contribution in [2.45, 2.75) is 87.0 Å². The minimum Gasteiger partial charge on any atom is -0.469 e. The molecule has 0 aliphatic heterocycles. The van der Waals surface area contributed by atoms with Crippen LogP contribution in [0.3, 0.4) is 0 Å². The Morgan fingerprint density at radius 3 is 2.27 bits per heavy atom. The fraction of sp³-hybridized carbons (Fsp3) is 0.750. The van der Waals surface area contributed by atoms with Crippen LogP contribution in [0.1, 0.15) is 87.0 Å². The first-order chi connectivity index (χ1) is 17.1. The van der Waals surface area contributed by atoms with Crippen LogP contribution in [0.2, 0.25) is 0 Å². The molecule has 0 spiro atoms. The Bertz CT molecular complexity index is 1190. The number of esters is 1. The van der Waals surface area contributed by atoms with Crippen LogP contribution in [0.25, 0.3) is 0 Å². The van der Waals surface area contributed by atoms with E-state index in [1.54, 1.807) is 6.08 Å². The lowest BCUT2D eigenvalue weighted by Gasteiger charge is -2.69. The Balaban J connectivity index is 1.73. The summed E-state index contributed by atoms with van der Waals surface area (Å²) in [4.78, 5) is 40.8. The van der Waals surface area contributed by atoms with E-state index in [0.717, 1.165) is 31.3 Å². The first kappa shape index (κ1) is 26.4. The molecule has 37 heavy (non-hydrogen) atoms. The maximum atomic E-state index is 14.4. The standard InChI is InChI=1S/C32H43NO4/c1-27(2)13-15-32(26(36)37-8)16-14-31(7)25(24(32)19(27)18-33)20(34)17-22-29(5)11-10-23(35)28(3,4)21(29)9-12-30(22,31)6/h10-11,17,19,21,24-25H,9,12-16H2,1-8H3/t19?,21-,24-,25+,29-,30+,31+,32-/m0/s1. The van der Waals surface area contributed by atoms with Gasteiger partial charge in [0.15, 0.2) is 11.6 Å². The Morgan fingerprint density at radius 1 is 1.00 bits per heavy atom. The summed E-state index contributed by atoms with van der Waals surface area (Å²) in [5, 5.41) is 10.5. The summed E-state index contributed by atoms with van der Waals surface area (Å²) in [7, 11) is 1.44. The summed E-state index contributed by atoms with van der Waals surface area (Å²) >= 11 is 0. The molecule has 0 N–H and O–H groups in total. The lowest BCUT2D eigenvalue weighted by atomic mass is 9.33. The van der Waals surface area contributed by atoms with E-state index in [4.69, 9.17) is 4.74 Å². The molecule has 0 bridgehead atoms. The number of hydrogen-bond donors (Lipinski definition) is 0. The molecule has 5 aliphatic rings. The number of nitrogens with zero attached hydrogens (tertiary/aromatic N) is 1. The van der Waals surface area contributed by atoms with Crippen molar-refractivity contribution in [2.75, 3.05) is 7.11 Å². The van der Waals surface area contributed by atoms with Crippen molar-refractivity contribution in [1.29, 1.82) is 5.26 Å². The van der Waals surface area contributed by atoms with Gasteiger partial charge >= 0.3 is 5.97 Å². The number of carbonyl (C=O) groups is 3. The van der Waals surface area contributed by atoms with Crippen molar-refractivity contribution >= 4 is 17.5 Å². The lowest BCUT2D eigenvalue weighted by molar-refractivity contribution is -0.197. The van der Waals surface area contributed by atoms with Gasteiger partial charge in [0, 0.05) is 22.7 Å². The highest BCUT2D eigenvalue weighted by Crippen LogP contribution is 2.75. The number of fused-ring (bicyclic) bond motifs is 7. The first-order valence-corrected chi connectivity index (χ1v) is 14.0. The summed E-state index contributed by atoms with van der Waals surface area (Å²) in [6, 6.07) is 2.59. The van der Waals surface area contributed by atoms with Gasteiger partial charge in [0.1, 0.15) is 0 Å². The van der Waals surface area contributed by atoms with Gasteiger partial charge in [0.2, 0.25) is 0 Å². The van der Waals surface area contributed by atoms with Crippen LogP contribution in [0.5, 0.6) is 0 Å². The van der Waals surface area contributed by atoms with Gasteiger partial charge in [0.25, 0.3) is 0 Å². The molecular formula is C32H43NO4. The van der Waals surface area contributed by atoms with Crippen molar-refractivity contribution < 1.29 is 19.1 Å². The molecule has 3 fully saturated rings. The number of rotatable bonds is 1. The van der Waals surface area contributed by atoms with Crippen LogP contribution in [-0.2, 0) is 19.1 Å². The molecule has 0 aromatic carbocycles. The van der Waals surface area contributed by atoms with Crippen LogP contribution >= 0.6 is 0 Å². The van der Waals surface area contributed by atoms with Gasteiger partial charge in [-0.3, -0.25) is 14.4 Å². The molecule has 5 heteroatoms. The number of hydrogen-bond acceptors (Lipinski definition) is 5. The van der Waals surface area contributed by atoms with Crippen molar-refractivity contribution in [1.82, 2.24) is 0 Å². The number of nitriles is 1. The molecular weight excluding hydrogens is 462 g/mol. The second-order valence-electron chi connectivity index (χ2n) is 14.7. The molecule has 0 saturated heterocycles. The summed E-state index contributed by atoms with van der Waals surface area (Å²) in [6.45, 7) is 15.1. The monoisotopic (exact) mass is 505 g/mol. The Hall–Kier alpha value is -2.22. The fourth-order valence-corrected chi connectivity index (χ4v) is 10.2. The molecule has 0 aromatic heterocycles. The smallest absolute Gasteiger partial charge is 0.312 e. The van der Waals surface area contributed by atoms with Gasteiger partial charge < -0.3 is 4.74 Å². The van der Waals surface area contributed by atoms with Gasteiger partial charge in [-0.15, -0.1) is 0 Å². The van der Waals surface area contributed by atoms with Gasteiger partial charge in [0.05, 0.1) is 24.5 Å². The number of carbonyl (C=O) groups excluding carboxylic acids is 3. The normalized spacial score (nSPS) is 47.4. The van der Waals surface area contributed by atoms with Crippen molar-refractivity contribution in [2.24, 2.45) is 56.2 Å². The molecule has 0 heterocycles. The van der Waals surface area contributed by atoms with E-state index in [2.05, 4.69) is 46.8 Å². The highest BCUT2D eigenvalue weighted by atomic mass is 16.5. The van der Waals surface area contributed by atoms with E-state index in [-0.39, 0.29) is 45.6 Å². The summed E-state index contributed by atoms with van der Waals surface area (Å²) in [5.41, 5.74) is -1.49. The second-order valence-corrected chi connectivity index (χ2v) is 14.7. The summed E-state index contributed by atoms with van der Waals surface area (Å²) < 4.78 is 5.39. The minimum absolute atomic E-state index is 0.0517. The van der Waals surface area contributed by atoms with Crippen molar-refractivity contribution in [3.8, 4) is 6.07 Å². The maximum Gasteiger partial charge on any atom is 0.312 e. The Labute approximate surface area is 222 Å². The van der Waals surface area contributed by atoms with E-state index in [1.165, 1.54) is 7.11 Å². The number of ketones is 2. The topological polar surface area (TPSA) is 84.2 Å². The molecule has 200 valence electrons. The molecule has 3 saturated carbocycles. The van der Waals surface area contributed by atoms with Crippen molar-refractivity contribution in [3.05, 3.63) is 23.8 Å². The van der Waals surface area contributed by atoms with E-state index in [1.807, 2.05) is 19.9 Å². The maximum absolute atomic E-state index is 14.4. The molecule has 5 aliphatic carbocycles. The highest BCUT2D eigenvalue weighted by molar-refractivity contribution is 5.98. The van der Waals surface area contributed by atoms with Gasteiger partial charge in [-0.05, 0) is 72.8 Å². The highest BCUT2D eigenvalue weighted by Gasteiger charge is 2.72. The van der Waals surface area contributed by atoms with Crippen LogP contribution in [0.4, 0.5) is 0 Å². The second kappa shape index (κ2) is 7.67. The summed E-state index contributed by atoms with van der Waals surface area (Å²) in [5.74, 6) is -1.12. The zero-order valence-electron chi connectivity index (χ0n) is 23.9. The Kier molecular flexibility index (Phi) is 5.47. The third-order valence-electron chi connectivity index (χ3n) is 12.7. The molecule has 8 atom stereocenters. The molecule has 0 radical (unpaired) electrons. The lowest BCUT2D eigenvalue weighted by Crippen LogP contribution is -2.67. The van der Waals surface area contributed by atoms with E-state index < -0.39 is 28.1 Å². The van der Waals surface area contributed by atoms with Gasteiger partial charge in [-0.2, -0.15) is 5.26 Å². The third-order valence-corrected chi connectivity index (χ3v) is 12.7. The minimum atomic E-state index is -0.799. The van der Waals surface area contributed by atoms with Gasteiger partial charge in [-0.1, -0.05) is 60.1 Å². The predicted octanol–water partition coefficient (Wildman–Crippen LogP) is 6.23.